The minimum Gasteiger partial charge on any atom is -0.322 e. The lowest BCUT2D eigenvalue weighted by Gasteiger charge is -2.29. The minimum atomic E-state index is -4.45. The number of nitrogens with one attached hydrogen (secondary N) is 1. The van der Waals surface area contributed by atoms with Gasteiger partial charge in [0.2, 0.25) is 0 Å². The molecule has 4 aromatic carbocycles. The minimum absolute atomic E-state index is 0.326. The molecule has 0 fully saturated rings. The second-order valence-electron chi connectivity index (χ2n) is 9.72. The van der Waals surface area contributed by atoms with Crippen LogP contribution in [0.2, 0.25) is 0 Å². The van der Waals surface area contributed by atoms with Gasteiger partial charge in [0.1, 0.15) is 0 Å². The molecule has 4 aromatic rings. The lowest BCUT2D eigenvalue weighted by molar-refractivity contribution is -0.138. The van der Waals surface area contributed by atoms with Crippen molar-refractivity contribution < 1.29 is 31.1 Å². The fraction of sp³-hybridized carbons (Fsp3) is 0.194. The molecule has 206 valence electrons. The molecule has 9 heteroatoms. The zero-order chi connectivity index (χ0) is 28.5. The number of rotatable bonds is 5. The SMILES string of the molecule is O=C(Nc1ccc2c(c1)CCN(Cc1cccc(C(F)(F)F)c1)C2)c1ccccc1-c1ccc(C(F)(F)F)cc1. The van der Waals surface area contributed by atoms with Gasteiger partial charge in [0.25, 0.3) is 5.91 Å². The molecule has 1 aliphatic heterocycles. The summed E-state index contributed by atoms with van der Waals surface area (Å²) in [6, 6.07) is 22.3. The number of halogens is 6. The molecule has 1 heterocycles. The van der Waals surface area contributed by atoms with Crippen molar-refractivity contribution >= 4 is 11.6 Å². The smallest absolute Gasteiger partial charge is 0.322 e. The van der Waals surface area contributed by atoms with Crippen LogP contribution in [0.3, 0.4) is 0 Å². The van der Waals surface area contributed by atoms with E-state index < -0.39 is 29.4 Å². The maximum absolute atomic E-state index is 13.2. The molecule has 0 saturated heterocycles. The monoisotopic (exact) mass is 554 g/mol. The van der Waals surface area contributed by atoms with E-state index in [0.29, 0.717) is 54.0 Å². The van der Waals surface area contributed by atoms with Crippen LogP contribution in [0.15, 0.2) is 91.0 Å². The molecule has 3 nitrogen and oxygen atoms in total. The fourth-order valence-electron chi connectivity index (χ4n) is 4.90. The van der Waals surface area contributed by atoms with E-state index in [9.17, 15) is 31.1 Å². The third-order valence-electron chi connectivity index (χ3n) is 6.91. The molecule has 0 aromatic heterocycles. The van der Waals surface area contributed by atoms with Crippen LogP contribution in [0.25, 0.3) is 11.1 Å². The highest BCUT2D eigenvalue weighted by Crippen LogP contribution is 2.33. The maximum Gasteiger partial charge on any atom is 0.416 e. The van der Waals surface area contributed by atoms with E-state index >= 15 is 0 Å². The molecule has 0 bridgehead atoms. The van der Waals surface area contributed by atoms with E-state index in [0.717, 1.165) is 29.3 Å². The number of carbonyl (C=O) groups is 1. The van der Waals surface area contributed by atoms with Gasteiger partial charge in [-0.2, -0.15) is 26.3 Å². The number of nitrogens with zero attached hydrogens (tertiary/aromatic N) is 1. The van der Waals surface area contributed by atoms with Crippen LogP contribution in [0, 0.1) is 0 Å². The van der Waals surface area contributed by atoms with Crippen LogP contribution in [0.5, 0.6) is 0 Å². The zero-order valence-electron chi connectivity index (χ0n) is 21.1. The lowest BCUT2D eigenvalue weighted by Crippen LogP contribution is -2.30. The molecule has 0 unspecified atom stereocenters. The van der Waals surface area contributed by atoms with Crippen LogP contribution >= 0.6 is 0 Å². The first-order chi connectivity index (χ1) is 19.0. The van der Waals surface area contributed by atoms with E-state index in [1.165, 1.54) is 24.3 Å². The Labute approximate surface area is 227 Å². The number of amides is 1. The molecule has 40 heavy (non-hydrogen) atoms. The van der Waals surface area contributed by atoms with Crippen molar-refractivity contribution in [2.24, 2.45) is 0 Å². The van der Waals surface area contributed by atoms with Crippen molar-refractivity contribution in [1.29, 1.82) is 0 Å². The normalized spacial score (nSPS) is 14.1. The van der Waals surface area contributed by atoms with Crippen LogP contribution in [0.4, 0.5) is 32.0 Å². The Morgan fingerprint density at radius 1 is 0.750 bits per heavy atom. The van der Waals surface area contributed by atoms with Crippen molar-refractivity contribution in [3.8, 4) is 11.1 Å². The summed E-state index contributed by atoms with van der Waals surface area (Å²) < 4.78 is 78.1. The van der Waals surface area contributed by atoms with Gasteiger partial charge in [-0.1, -0.05) is 54.6 Å². The first kappa shape index (κ1) is 27.5. The fourth-order valence-corrected chi connectivity index (χ4v) is 4.90. The molecule has 0 saturated carbocycles. The van der Waals surface area contributed by atoms with E-state index in [2.05, 4.69) is 10.2 Å². The first-order valence-corrected chi connectivity index (χ1v) is 12.6. The highest BCUT2D eigenvalue weighted by molar-refractivity contribution is 6.08. The van der Waals surface area contributed by atoms with Crippen molar-refractivity contribution in [3.05, 3.63) is 124 Å². The summed E-state index contributed by atoms with van der Waals surface area (Å²) in [5, 5.41) is 2.89. The van der Waals surface area contributed by atoms with Crippen LogP contribution in [-0.2, 0) is 31.9 Å². The van der Waals surface area contributed by atoms with Gasteiger partial charge in [0.15, 0.2) is 0 Å². The topological polar surface area (TPSA) is 32.3 Å². The quantitative estimate of drug-likeness (QED) is 0.252. The van der Waals surface area contributed by atoms with Crippen molar-refractivity contribution in [2.75, 3.05) is 11.9 Å². The van der Waals surface area contributed by atoms with Gasteiger partial charge < -0.3 is 5.32 Å². The predicted octanol–water partition coefficient (Wildman–Crippen LogP) is 8.20. The molecule has 0 spiro atoms. The number of carbonyl (C=O) groups excluding carboxylic acids is 1. The standard InChI is InChI=1S/C31H24F6N2O/c32-30(33,34)24-11-8-21(9-12-24)27-6-1-2-7-28(27)29(40)38-26-13-10-23-19-39(15-14-22(23)17-26)18-20-4-3-5-25(16-20)31(35,36)37/h1-13,16-17H,14-15,18-19H2,(H,38,40). The number of alkyl halides is 6. The van der Waals surface area contributed by atoms with Crippen molar-refractivity contribution in [2.45, 2.75) is 31.9 Å². The van der Waals surface area contributed by atoms with Gasteiger partial charge >= 0.3 is 12.4 Å². The van der Waals surface area contributed by atoms with E-state index in [-0.39, 0.29) is 0 Å². The van der Waals surface area contributed by atoms with Gasteiger partial charge in [-0.15, -0.1) is 0 Å². The molecule has 0 aliphatic carbocycles. The summed E-state index contributed by atoms with van der Waals surface area (Å²) in [6.45, 7) is 1.61. The van der Waals surface area contributed by atoms with E-state index in [1.54, 1.807) is 36.4 Å². The molecule has 5 rings (SSSR count). The third kappa shape index (κ3) is 6.20. The Balaban J connectivity index is 1.28. The van der Waals surface area contributed by atoms with Gasteiger partial charge in [-0.3, -0.25) is 9.69 Å². The average Bonchev–Trinajstić information content (AvgIpc) is 2.92. The summed E-state index contributed by atoms with van der Waals surface area (Å²) in [5.74, 6) is -0.391. The van der Waals surface area contributed by atoms with Crippen LogP contribution < -0.4 is 5.32 Å². The number of fused-ring (bicyclic) bond motifs is 1. The Morgan fingerprint density at radius 3 is 2.20 bits per heavy atom. The Hall–Kier alpha value is -4.11. The second-order valence-corrected chi connectivity index (χ2v) is 9.72. The van der Waals surface area contributed by atoms with Crippen molar-refractivity contribution in [1.82, 2.24) is 4.90 Å². The number of hydrogen-bond donors (Lipinski definition) is 1. The molecular formula is C31H24F6N2O. The van der Waals surface area contributed by atoms with Crippen LogP contribution in [0.1, 0.15) is 38.2 Å². The average molecular weight is 555 g/mol. The summed E-state index contributed by atoms with van der Waals surface area (Å²) >= 11 is 0. The van der Waals surface area contributed by atoms with Crippen molar-refractivity contribution in [3.63, 3.8) is 0 Å². The zero-order valence-corrected chi connectivity index (χ0v) is 21.1. The molecule has 1 amide bonds. The number of hydrogen-bond acceptors (Lipinski definition) is 2. The summed E-state index contributed by atoms with van der Waals surface area (Å²) in [4.78, 5) is 15.3. The number of benzene rings is 4. The Kier molecular flexibility index (Phi) is 7.42. The summed E-state index contributed by atoms with van der Waals surface area (Å²) in [6.07, 6.45) is -8.17. The summed E-state index contributed by atoms with van der Waals surface area (Å²) in [5.41, 5.74) is 3.14. The first-order valence-electron chi connectivity index (χ1n) is 12.6. The van der Waals surface area contributed by atoms with E-state index in [1.807, 2.05) is 12.1 Å². The van der Waals surface area contributed by atoms with Gasteiger partial charge in [-0.05, 0) is 70.6 Å². The van der Waals surface area contributed by atoms with Gasteiger partial charge in [-0.25, -0.2) is 0 Å². The molecule has 0 radical (unpaired) electrons. The highest BCUT2D eigenvalue weighted by atomic mass is 19.4. The molecule has 1 aliphatic rings. The predicted molar refractivity (Wildman–Crippen MR) is 141 cm³/mol. The Morgan fingerprint density at radius 2 is 1.48 bits per heavy atom. The highest BCUT2D eigenvalue weighted by Gasteiger charge is 2.31. The maximum atomic E-state index is 13.2. The lowest BCUT2D eigenvalue weighted by atomic mass is 9.97. The van der Waals surface area contributed by atoms with Gasteiger partial charge in [0, 0.05) is 30.9 Å². The Bertz CT molecular complexity index is 1530. The summed E-state index contributed by atoms with van der Waals surface area (Å²) in [7, 11) is 0. The van der Waals surface area contributed by atoms with Gasteiger partial charge in [0.05, 0.1) is 11.1 Å². The molecular weight excluding hydrogens is 530 g/mol. The largest absolute Gasteiger partial charge is 0.416 e. The third-order valence-corrected chi connectivity index (χ3v) is 6.91. The second kappa shape index (κ2) is 10.8. The van der Waals surface area contributed by atoms with Crippen LogP contribution in [-0.4, -0.2) is 17.4 Å². The molecule has 1 N–H and O–H groups in total. The number of anilines is 1. The molecule has 0 atom stereocenters. The van der Waals surface area contributed by atoms with E-state index in [4.69, 9.17) is 0 Å².